The van der Waals surface area contributed by atoms with E-state index >= 15 is 4.57 Å². The van der Waals surface area contributed by atoms with E-state index in [4.69, 9.17) is 16.3 Å². The molecule has 2 nitrogen and oxygen atoms in total. The van der Waals surface area contributed by atoms with Crippen LogP contribution in [0.25, 0.3) is 0 Å². The molecule has 0 aliphatic carbocycles. The topological polar surface area (TPSA) is 29.4 Å². The van der Waals surface area contributed by atoms with Crippen LogP contribution < -0.4 is 21.2 Å². The van der Waals surface area contributed by atoms with E-state index in [2.05, 4.69) is 24.3 Å². The number of halogens is 1. The fraction of sp³-hybridized carbons (Fsp3) is 0.0323. The van der Waals surface area contributed by atoms with Crippen molar-refractivity contribution in [2.45, 2.75) is 0 Å². The molecule has 0 amide bonds. The van der Waals surface area contributed by atoms with Crippen molar-refractivity contribution >= 4 is 52.7 Å². The molecule has 0 saturated carbocycles. The summed E-state index contributed by atoms with van der Waals surface area (Å²) < 4.78 is 20.9. The molecule has 0 bridgehead atoms. The van der Waals surface area contributed by atoms with E-state index in [0.29, 0.717) is 10.9 Å². The van der Waals surface area contributed by atoms with Gasteiger partial charge in [0, 0.05) is 22.7 Å². The second kappa shape index (κ2) is 10.9. The first kappa shape index (κ1) is 24.5. The maximum atomic E-state index is 15.4. The van der Waals surface area contributed by atoms with Crippen molar-refractivity contribution in [3.8, 4) is 0 Å². The zero-order chi connectivity index (χ0) is 24.8. The third-order valence-corrected chi connectivity index (χ3v) is 14.9. The van der Waals surface area contributed by atoms with Crippen LogP contribution in [0.5, 0.6) is 0 Å². The average Bonchev–Trinajstić information content (AvgIpc) is 2.96. The summed E-state index contributed by atoms with van der Waals surface area (Å²) >= 11 is 6.21. The minimum Gasteiger partial charge on any atom is -0.313 e. The normalized spacial score (nSPS) is 11.7. The molecule has 0 spiro atoms. The number of nitrogens with zero attached hydrogens (tertiary/aromatic N) is 1. The van der Waals surface area contributed by atoms with Gasteiger partial charge < -0.3 is 4.57 Å². The Hall–Kier alpha value is -3.15. The molecule has 0 saturated heterocycles. The Labute approximate surface area is 218 Å². The van der Waals surface area contributed by atoms with Crippen molar-refractivity contribution in [2.75, 3.05) is 5.90 Å². The Morgan fingerprint density at radius 3 is 1.25 bits per heavy atom. The maximum absolute atomic E-state index is 15.4. The second-order valence-electron chi connectivity index (χ2n) is 8.57. The Morgan fingerprint density at radius 2 is 0.861 bits per heavy atom. The number of rotatable bonds is 7. The Balaban J connectivity index is 1.85. The molecule has 0 radical (unpaired) electrons. The van der Waals surface area contributed by atoms with Gasteiger partial charge in [-0.05, 0) is 34.9 Å². The summed E-state index contributed by atoms with van der Waals surface area (Å²) in [4.78, 5) is 0. The van der Waals surface area contributed by atoms with Gasteiger partial charge in [0.1, 0.15) is 7.14 Å². The zero-order valence-electron chi connectivity index (χ0n) is 19.7. The van der Waals surface area contributed by atoms with Crippen LogP contribution in [0.4, 0.5) is 5.69 Å². The van der Waals surface area contributed by atoms with E-state index in [-0.39, 0.29) is 0 Å². The molecule has 0 unspecified atom stereocenters. The molecule has 0 fully saturated rings. The molecule has 0 heterocycles. The molecule has 178 valence electrons. The van der Waals surface area contributed by atoms with E-state index in [1.165, 1.54) is 0 Å². The summed E-state index contributed by atoms with van der Waals surface area (Å²) in [7, 11) is -5.66. The summed E-state index contributed by atoms with van der Waals surface area (Å²) in [6, 6.07) is 48.0. The van der Waals surface area contributed by atoms with E-state index in [1.54, 1.807) is 0 Å². The minimum atomic E-state index is -3.09. The molecular weight excluding hydrogens is 500 g/mol. The molecule has 36 heavy (non-hydrogen) atoms. The molecule has 5 heteroatoms. The van der Waals surface area contributed by atoms with Crippen molar-refractivity contribution in [1.82, 2.24) is 0 Å². The van der Waals surface area contributed by atoms with Crippen molar-refractivity contribution in [3.05, 3.63) is 151 Å². The van der Waals surface area contributed by atoms with Crippen LogP contribution in [0.3, 0.4) is 0 Å². The van der Waals surface area contributed by atoms with Gasteiger partial charge in [-0.1, -0.05) is 133 Å². The van der Waals surface area contributed by atoms with Crippen LogP contribution in [0.1, 0.15) is 0 Å². The third kappa shape index (κ3) is 5.04. The lowest BCUT2D eigenvalue weighted by Gasteiger charge is -2.31. The summed E-state index contributed by atoms with van der Waals surface area (Å²) in [6.07, 6.45) is 0. The van der Waals surface area contributed by atoms with Gasteiger partial charge in [0.2, 0.25) is 0 Å². The monoisotopic (exact) mass is 525 g/mol. The highest BCUT2D eigenvalue weighted by molar-refractivity contribution is 7.95. The summed E-state index contributed by atoms with van der Waals surface area (Å²) in [5, 5.41) is 4.55. The Morgan fingerprint density at radius 1 is 0.500 bits per heavy atom. The lowest BCUT2D eigenvalue weighted by Crippen LogP contribution is -2.25. The molecule has 0 aromatic heterocycles. The highest BCUT2D eigenvalue weighted by Crippen LogP contribution is 2.62. The van der Waals surface area contributed by atoms with E-state index in [0.717, 1.165) is 26.9 Å². The quantitative estimate of drug-likeness (QED) is 0.199. The van der Waals surface area contributed by atoms with Crippen molar-refractivity contribution in [1.29, 1.82) is 0 Å². The van der Waals surface area contributed by atoms with Crippen LogP contribution in [0.2, 0.25) is 5.02 Å². The highest BCUT2D eigenvalue weighted by atomic mass is 35.5. The SMILES string of the molecule is O=P(CP(=Nc1ccc(Cl)cc1)(c1ccccc1)c1ccccc1)(c1ccccc1)c1ccccc1. The first-order chi connectivity index (χ1) is 17.6. The highest BCUT2D eigenvalue weighted by Gasteiger charge is 2.37. The molecule has 5 rings (SSSR count). The number of hydrogen-bond acceptors (Lipinski definition) is 2. The predicted octanol–water partition coefficient (Wildman–Crippen LogP) is 7.80. The summed E-state index contributed by atoms with van der Waals surface area (Å²) in [5.41, 5.74) is 0.827. The van der Waals surface area contributed by atoms with Crippen LogP contribution in [0.15, 0.2) is 150 Å². The van der Waals surface area contributed by atoms with Gasteiger partial charge in [0.25, 0.3) is 0 Å². The number of hydrogen-bond donors (Lipinski definition) is 0. The van der Waals surface area contributed by atoms with Gasteiger partial charge >= 0.3 is 0 Å². The zero-order valence-corrected chi connectivity index (χ0v) is 22.2. The first-order valence-electron chi connectivity index (χ1n) is 11.8. The standard InChI is InChI=1S/C31H26ClNOP2/c32-26-21-23-27(24-22-26)33-35(28-13-5-1-6-14-28,29-15-7-2-8-16-29)25-36(34,30-17-9-3-10-18-30)31-19-11-4-12-20-31/h1-24H,25H2. The van der Waals surface area contributed by atoms with Crippen molar-refractivity contribution in [3.63, 3.8) is 0 Å². The largest absolute Gasteiger partial charge is 0.313 e. The molecule has 0 aliphatic heterocycles. The van der Waals surface area contributed by atoms with Crippen LogP contribution in [-0.4, -0.2) is 5.90 Å². The molecule has 0 atom stereocenters. The smallest absolute Gasteiger partial charge is 0.149 e. The van der Waals surface area contributed by atoms with Gasteiger partial charge in [0.15, 0.2) is 0 Å². The molecule has 0 N–H and O–H groups in total. The Bertz CT molecular complexity index is 1440. The van der Waals surface area contributed by atoms with Crippen LogP contribution in [-0.2, 0) is 4.57 Å². The van der Waals surface area contributed by atoms with Crippen molar-refractivity contribution < 1.29 is 4.57 Å². The van der Waals surface area contributed by atoms with Crippen LogP contribution >= 0.6 is 25.8 Å². The predicted molar refractivity (Wildman–Crippen MR) is 157 cm³/mol. The van der Waals surface area contributed by atoms with E-state index in [1.807, 2.05) is 121 Å². The molecule has 5 aromatic carbocycles. The number of benzene rings is 5. The van der Waals surface area contributed by atoms with Gasteiger partial charge in [-0.15, -0.1) is 0 Å². The van der Waals surface area contributed by atoms with Gasteiger partial charge in [-0.25, -0.2) is 0 Å². The van der Waals surface area contributed by atoms with Crippen molar-refractivity contribution in [2.24, 2.45) is 4.74 Å². The fourth-order valence-corrected chi connectivity index (χ4v) is 13.7. The molecule has 0 aliphatic rings. The third-order valence-electron chi connectivity index (χ3n) is 6.23. The molecule has 5 aromatic rings. The van der Waals surface area contributed by atoms with Gasteiger partial charge in [-0.2, -0.15) is 0 Å². The minimum absolute atomic E-state index is 0.407. The summed E-state index contributed by atoms with van der Waals surface area (Å²) in [5.74, 6) is 0.407. The van der Waals surface area contributed by atoms with Crippen LogP contribution in [0, 0.1) is 0 Å². The average molecular weight is 526 g/mol. The molecular formula is C31H26ClNOP2. The summed E-state index contributed by atoms with van der Waals surface area (Å²) in [6.45, 7) is 0. The second-order valence-corrected chi connectivity index (χ2v) is 15.4. The Kier molecular flexibility index (Phi) is 7.40. The maximum Gasteiger partial charge on any atom is 0.149 e. The van der Waals surface area contributed by atoms with E-state index < -0.39 is 14.2 Å². The van der Waals surface area contributed by atoms with Gasteiger partial charge in [-0.3, -0.25) is 4.74 Å². The van der Waals surface area contributed by atoms with Gasteiger partial charge in [0.05, 0.1) is 11.6 Å². The fourth-order valence-electron chi connectivity index (χ4n) is 4.45. The lowest BCUT2D eigenvalue weighted by molar-refractivity contribution is 0.589. The first-order valence-corrected chi connectivity index (χ1v) is 16.0. The lowest BCUT2D eigenvalue weighted by atomic mass is 10.3. The van der Waals surface area contributed by atoms with E-state index in [9.17, 15) is 0 Å².